The number of ether oxygens (including phenoxy) is 2. The fourth-order valence-corrected chi connectivity index (χ4v) is 5.00. The molecule has 0 saturated carbocycles. The SMILES string of the molecule is Cc1cccc([C@]2(C(=O)Oc3cc4ccccc4c4ccccc34)CC=C(C(=O)OC(C)(C)C)C2)c1. The first-order valence-corrected chi connectivity index (χ1v) is 12.3. The van der Waals surface area contributed by atoms with Gasteiger partial charge in [0, 0.05) is 11.0 Å². The molecule has 1 aliphatic rings. The Morgan fingerprint density at radius 1 is 0.833 bits per heavy atom. The fraction of sp³-hybridized carbons (Fsp3) is 0.250. The van der Waals surface area contributed by atoms with E-state index in [9.17, 15) is 9.59 Å². The van der Waals surface area contributed by atoms with Crippen LogP contribution in [0.4, 0.5) is 0 Å². The molecule has 4 nitrogen and oxygen atoms in total. The van der Waals surface area contributed by atoms with Crippen LogP contribution in [-0.4, -0.2) is 17.5 Å². The van der Waals surface area contributed by atoms with E-state index in [1.54, 1.807) is 0 Å². The largest absolute Gasteiger partial charge is 0.457 e. The van der Waals surface area contributed by atoms with Gasteiger partial charge < -0.3 is 9.47 Å². The number of esters is 2. The van der Waals surface area contributed by atoms with Crippen molar-refractivity contribution in [3.05, 3.63) is 102 Å². The van der Waals surface area contributed by atoms with Crippen LogP contribution in [0.15, 0.2) is 90.5 Å². The number of allylic oxidation sites excluding steroid dienone is 1. The van der Waals surface area contributed by atoms with Crippen molar-refractivity contribution in [2.45, 2.75) is 51.6 Å². The minimum absolute atomic E-state index is 0.232. The van der Waals surface area contributed by atoms with E-state index < -0.39 is 11.0 Å². The van der Waals surface area contributed by atoms with E-state index in [1.807, 2.05) is 107 Å². The van der Waals surface area contributed by atoms with Crippen LogP contribution in [0.25, 0.3) is 21.5 Å². The maximum atomic E-state index is 14.1. The minimum atomic E-state index is -1.01. The maximum Gasteiger partial charge on any atom is 0.334 e. The highest BCUT2D eigenvalue weighted by Crippen LogP contribution is 2.44. The molecule has 0 heterocycles. The predicted octanol–water partition coefficient (Wildman–Crippen LogP) is 7.21. The highest BCUT2D eigenvalue weighted by molar-refractivity contribution is 6.11. The standard InChI is InChI=1S/C32H30O4/c1-21-10-9-12-24(18-21)32(17-16-23(20-32)29(33)36-31(2,3)4)30(34)35-28-19-22-11-5-6-13-25(22)26-14-7-8-15-27(26)28/h5-16,18-19H,17,20H2,1-4H3/t32-/m0/s1. The van der Waals surface area contributed by atoms with E-state index in [4.69, 9.17) is 9.47 Å². The third-order valence-corrected chi connectivity index (χ3v) is 6.74. The van der Waals surface area contributed by atoms with Crippen molar-refractivity contribution in [3.63, 3.8) is 0 Å². The summed E-state index contributed by atoms with van der Waals surface area (Å²) in [6, 6.07) is 25.9. The molecule has 0 amide bonds. The van der Waals surface area contributed by atoms with Crippen molar-refractivity contribution in [2.24, 2.45) is 0 Å². The average molecular weight is 479 g/mol. The smallest absolute Gasteiger partial charge is 0.334 e. The third kappa shape index (κ3) is 4.39. The zero-order valence-electron chi connectivity index (χ0n) is 21.1. The Morgan fingerprint density at radius 3 is 2.25 bits per heavy atom. The quantitative estimate of drug-likeness (QED) is 0.177. The molecule has 0 saturated heterocycles. The molecule has 182 valence electrons. The van der Waals surface area contributed by atoms with Gasteiger partial charge in [0.2, 0.25) is 0 Å². The lowest BCUT2D eigenvalue weighted by Gasteiger charge is -2.29. The van der Waals surface area contributed by atoms with Crippen molar-refractivity contribution in [2.75, 3.05) is 0 Å². The van der Waals surface area contributed by atoms with Gasteiger partial charge in [0.15, 0.2) is 0 Å². The molecule has 36 heavy (non-hydrogen) atoms. The molecule has 1 aliphatic carbocycles. The Bertz CT molecular complexity index is 1520. The number of benzene rings is 4. The van der Waals surface area contributed by atoms with Crippen LogP contribution in [0.3, 0.4) is 0 Å². The van der Waals surface area contributed by atoms with E-state index in [-0.39, 0.29) is 18.4 Å². The molecule has 4 heteroatoms. The lowest BCUT2D eigenvalue weighted by Crippen LogP contribution is -2.38. The monoisotopic (exact) mass is 478 g/mol. The second-order valence-corrected chi connectivity index (χ2v) is 10.6. The van der Waals surface area contributed by atoms with Gasteiger partial charge in [-0.2, -0.15) is 0 Å². The van der Waals surface area contributed by atoms with Crippen molar-refractivity contribution < 1.29 is 19.1 Å². The first-order valence-electron chi connectivity index (χ1n) is 12.3. The average Bonchev–Trinajstić information content (AvgIpc) is 3.30. The van der Waals surface area contributed by atoms with Gasteiger partial charge in [0.05, 0.1) is 0 Å². The Kier molecular flexibility index (Phi) is 5.91. The van der Waals surface area contributed by atoms with E-state index in [0.29, 0.717) is 17.7 Å². The van der Waals surface area contributed by atoms with Crippen molar-refractivity contribution in [1.82, 2.24) is 0 Å². The number of fused-ring (bicyclic) bond motifs is 3. The Balaban J connectivity index is 1.56. The van der Waals surface area contributed by atoms with Crippen molar-refractivity contribution in [1.29, 1.82) is 0 Å². The first kappa shape index (κ1) is 23.8. The minimum Gasteiger partial charge on any atom is -0.457 e. The van der Waals surface area contributed by atoms with Gasteiger partial charge in [-0.1, -0.05) is 84.4 Å². The first-order chi connectivity index (χ1) is 17.2. The summed E-state index contributed by atoms with van der Waals surface area (Å²) in [5.74, 6) is -0.239. The molecular weight excluding hydrogens is 448 g/mol. The van der Waals surface area contributed by atoms with Gasteiger partial charge >= 0.3 is 11.9 Å². The van der Waals surface area contributed by atoms with Crippen LogP contribution >= 0.6 is 0 Å². The molecule has 0 N–H and O–H groups in total. The zero-order chi connectivity index (χ0) is 25.5. The van der Waals surface area contributed by atoms with E-state index in [2.05, 4.69) is 6.07 Å². The number of aryl methyl sites for hydroxylation is 1. The zero-order valence-corrected chi connectivity index (χ0v) is 21.1. The number of carbonyl (C=O) groups is 2. The molecule has 0 bridgehead atoms. The summed E-state index contributed by atoms with van der Waals surface area (Å²) in [6.45, 7) is 7.52. The van der Waals surface area contributed by atoms with Gasteiger partial charge in [-0.15, -0.1) is 0 Å². The maximum absolute atomic E-state index is 14.1. The van der Waals surface area contributed by atoms with Crippen LogP contribution in [0.1, 0.15) is 44.7 Å². The number of hydrogen-bond acceptors (Lipinski definition) is 4. The highest BCUT2D eigenvalue weighted by Gasteiger charge is 2.47. The molecule has 0 unspecified atom stereocenters. The number of carbonyl (C=O) groups excluding carboxylic acids is 2. The van der Waals surface area contributed by atoms with Gasteiger partial charge in [-0.3, -0.25) is 4.79 Å². The topological polar surface area (TPSA) is 52.6 Å². The Labute approximate surface area is 211 Å². The van der Waals surface area contributed by atoms with Crippen molar-refractivity contribution >= 4 is 33.5 Å². The highest BCUT2D eigenvalue weighted by atomic mass is 16.6. The summed E-state index contributed by atoms with van der Waals surface area (Å²) in [7, 11) is 0. The summed E-state index contributed by atoms with van der Waals surface area (Å²) in [4.78, 5) is 27.0. The predicted molar refractivity (Wildman–Crippen MR) is 143 cm³/mol. The lowest BCUT2D eigenvalue weighted by molar-refractivity contribution is -0.150. The summed E-state index contributed by atoms with van der Waals surface area (Å²) in [5, 5.41) is 4.02. The van der Waals surface area contributed by atoms with Crippen LogP contribution in [0.2, 0.25) is 0 Å². The number of rotatable bonds is 4. The van der Waals surface area contributed by atoms with Gasteiger partial charge in [-0.25, -0.2) is 4.79 Å². The summed E-state index contributed by atoms with van der Waals surface area (Å²) in [5.41, 5.74) is 0.767. The molecule has 4 aromatic carbocycles. The third-order valence-electron chi connectivity index (χ3n) is 6.74. The number of hydrogen-bond donors (Lipinski definition) is 0. The second-order valence-electron chi connectivity index (χ2n) is 10.6. The van der Waals surface area contributed by atoms with Crippen molar-refractivity contribution in [3.8, 4) is 5.75 Å². The van der Waals surface area contributed by atoms with Crippen LogP contribution in [-0.2, 0) is 19.7 Å². The Hall–Kier alpha value is -3.92. The molecular formula is C32H30O4. The molecule has 1 atom stereocenters. The van der Waals surface area contributed by atoms with Gasteiger partial charge in [0.1, 0.15) is 16.8 Å². The van der Waals surface area contributed by atoms with Crippen LogP contribution < -0.4 is 4.74 Å². The molecule has 0 aliphatic heterocycles. The summed E-state index contributed by atoms with van der Waals surface area (Å²) in [6.07, 6.45) is 2.43. The molecule has 4 aromatic rings. The fourth-order valence-electron chi connectivity index (χ4n) is 5.00. The summed E-state index contributed by atoms with van der Waals surface area (Å²) >= 11 is 0. The van der Waals surface area contributed by atoms with Crippen LogP contribution in [0, 0.1) is 6.92 Å². The second kappa shape index (κ2) is 8.94. The lowest BCUT2D eigenvalue weighted by atomic mass is 9.77. The molecule has 0 spiro atoms. The summed E-state index contributed by atoms with van der Waals surface area (Å²) < 4.78 is 11.8. The van der Waals surface area contributed by atoms with E-state index in [1.165, 1.54) is 0 Å². The van der Waals surface area contributed by atoms with E-state index in [0.717, 1.165) is 32.7 Å². The Morgan fingerprint density at radius 2 is 1.53 bits per heavy atom. The molecule has 0 aromatic heterocycles. The van der Waals surface area contributed by atoms with Crippen LogP contribution in [0.5, 0.6) is 5.75 Å². The molecule has 5 rings (SSSR count). The van der Waals surface area contributed by atoms with Gasteiger partial charge in [-0.05, 0) is 68.3 Å². The molecule has 0 fully saturated rings. The van der Waals surface area contributed by atoms with E-state index >= 15 is 0 Å². The normalized spacial score (nSPS) is 17.7. The van der Waals surface area contributed by atoms with Gasteiger partial charge in [0.25, 0.3) is 0 Å². The molecule has 0 radical (unpaired) electrons.